The van der Waals surface area contributed by atoms with Crippen molar-refractivity contribution in [2.24, 2.45) is 11.7 Å². The number of carbonyl (C=O) groups is 2. The molecule has 10 heteroatoms. The fourth-order valence-corrected chi connectivity index (χ4v) is 4.21. The zero-order chi connectivity index (χ0) is 28.8. The fraction of sp³-hybridized carbons (Fsp3) is 0.267. The van der Waals surface area contributed by atoms with Crippen LogP contribution in [-0.2, 0) is 21.1 Å². The third kappa shape index (κ3) is 6.13. The van der Waals surface area contributed by atoms with E-state index in [4.69, 9.17) is 24.9 Å². The third-order valence-electron chi connectivity index (χ3n) is 6.77. The monoisotopic (exact) mass is 543 g/mol. The zero-order valence-corrected chi connectivity index (χ0v) is 23.0. The topological polar surface area (TPSA) is 131 Å². The minimum Gasteiger partial charge on any atom is -0.497 e. The lowest BCUT2D eigenvalue weighted by atomic mass is 10.0. The summed E-state index contributed by atoms with van der Waals surface area (Å²) in [7, 11) is 3.11. The number of anilines is 1. The van der Waals surface area contributed by atoms with Crippen molar-refractivity contribution in [2.45, 2.75) is 33.0 Å². The molecule has 0 saturated heterocycles. The average Bonchev–Trinajstić information content (AvgIpc) is 3.36. The van der Waals surface area contributed by atoms with Crippen molar-refractivity contribution in [1.82, 2.24) is 14.5 Å². The first-order valence-corrected chi connectivity index (χ1v) is 12.8. The molecule has 3 aromatic heterocycles. The molecule has 4 rings (SSSR count). The first-order chi connectivity index (χ1) is 19.3. The quantitative estimate of drug-likeness (QED) is 0.204. The zero-order valence-electron chi connectivity index (χ0n) is 23.0. The number of pyridine rings is 2. The molecule has 0 radical (unpaired) electrons. The van der Waals surface area contributed by atoms with Crippen LogP contribution in [0.4, 0.5) is 5.69 Å². The summed E-state index contributed by atoms with van der Waals surface area (Å²) in [6.07, 6.45) is 7.23. The molecule has 0 aliphatic heterocycles. The van der Waals surface area contributed by atoms with Crippen LogP contribution >= 0.6 is 0 Å². The van der Waals surface area contributed by atoms with Crippen molar-refractivity contribution >= 4 is 28.6 Å². The number of carbonyl (C=O) groups excluding carboxylic acids is 2. The first-order valence-electron chi connectivity index (χ1n) is 12.8. The normalized spacial score (nSPS) is 12.4. The first kappa shape index (κ1) is 28.3. The Labute approximate surface area is 232 Å². The Morgan fingerprint density at radius 1 is 1.10 bits per heavy atom. The van der Waals surface area contributed by atoms with Gasteiger partial charge in [0.2, 0.25) is 11.8 Å². The number of esters is 1. The summed E-state index contributed by atoms with van der Waals surface area (Å²) in [4.78, 5) is 33.5. The van der Waals surface area contributed by atoms with Crippen molar-refractivity contribution in [3.8, 4) is 33.9 Å². The highest BCUT2D eigenvalue weighted by Crippen LogP contribution is 2.35. The number of benzene rings is 1. The highest BCUT2D eigenvalue weighted by atomic mass is 16.5. The van der Waals surface area contributed by atoms with Gasteiger partial charge in [-0.2, -0.15) is 0 Å². The van der Waals surface area contributed by atoms with E-state index in [1.165, 1.54) is 6.08 Å². The minimum absolute atomic E-state index is 0.00143. The molecule has 0 aliphatic carbocycles. The molecular formula is C30H33N5O5. The molecule has 208 valence electrons. The second-order valence-corrected chi connectivity index (χ2v) is 9.34. The lowest BCUT2D eigenvalue weighted by molar-refractivity contribution is -0.150. The van der Waals surface area contributed by atoms with Crippen molar-refractivity contribution in [3.63, 3.8) is 0 Å². The van der Waals surface area contributed by atoms with Gasteiger partial charge < -0.3 is 25.3 Å². The smallest absolute Gasteiger partial charge is 0.324 e. The van der Waals surface area contributed by atoms with Crippen LogP contribution in [0.2, 0.25) is 0 Å². The van der Waals surface area contributed by atoms with Crippen LogP contribution in [0.5, 0.6) is 11.6 Å². The van der Waals surface area contributed by atoms with E-state index in [1.807, 2.05) is 50.4 Å². The summed E-state index contributed by atoms with van der Waals surface area (Å²) >= 11 is 0. The van der Waals surface area contributed by atoms with Crippen LogP contribution in [0.1, 0.15) is 20.3 Å². The Kier molecular flexibility index (Phi) is 8.80. The predicted molar refractivity (Wildman–Crippen MR) is 154 cm³/mol. The van der Waals surface area contributed by atoms with Gasteiger partial charge in [0, 0.05) is 52.9 Å². The van der Waals surface area contributed by atoms with Crippen molar-refractivity contribution in [3.05, 3.63) is 67.6 Å². The third-order valence-corrected chi connectivity index (χ3v) is 6.77. The van der Waals surface area contributed by atoms with Gasteiger partial charge in [0.25, 0.3) is 0 Å². The van der Waals surface area contributed by atoms with Crippen LogP contribution < -0.4 is 20.5 Å². The molecule has 0 fully saturated rings. The highest BCUT2D eigenvalue weighted by Gasteiger charge is 2.22. The number of nitrogens with two attached hydrogens (primary N) is 1. The molecular weight excluding hydrogens is 510 g/mol. The number of hydrogen-bond acceptors (Lipinski definition) is 8. The number of fused-ring (bicyclic) bond motifs is 1. The SMILES string of the molecule is C=CC(=O)Nc1cc(OC)cc(-c2cnc3c(c2)c(-c2ccnc(OC)c2)cn3COC(=O)[C@@H](N)[C@@H](C)CC)c1. The maximum absolute atomic E-state index is 12.6. The van der Waals surface area contributed by atoms with Gasteiger partial charge in [-0.25, -0.2) is 9.97 Å². The number of hydrogen-bond donors (Lipinski definition) is 2. The van der Waals surface area contributed by atoms with Crippen molar-refractivity contribution in [2.75, 3.05) is 19.5 Å². The highest BCUT2D eigenvalue weighted by molar-refractivity contribution is 6.00. The molecule has 4 aromatic rings. The van der Waals surface area contributed by atoms with Gasteiger partial charge in [-0.05, 0) is 47.4 Å². The average molecular weight is 544 g/mol. The second kappa shape index (κ2) is 12.4. The van der Waals surface area contributed by atoms with E-state index in [1.54, 1.807) is 37.2 Å². The summed E-state index contributed by atoms with van der Waals surface area (Å²) in [5.41, 5.74) is 10.5. The van der Waals surface area contributed by atoms with Gasteiger partial charge in [0.15, 0.2) is 6.73 Å². The Morgan fingerprint density at radius 2 is 1.90 bits per heavy atom. The summed E-state index contributed by atoms with van der Waals surface area (Å²) in [6.45, 7) is 7.35. The molecule has 0 saturated carbocycles. The number of nitrogens with one attached hydrogen (secondary N) is 1. The molecule has 1 aromatic carbocycles. The lowest BCUT2D eigenvalue weighted by Gasteiger charge is -2.17. The van der Waals surface area contributed by atoms with Gasteiger partial charge in [0.1, 0.15) is 17.4 Å². The Balaban J connectivity index is 1.79. The number of rotatable bonds is 11. The maximum Gasteiger partial charge on any atom is 0.324 e. The van der Waals surface area contributed by atoms with Crippen LogP contribution in [0, 0.1) is 5.92 Å². The van der Waals surface area contributed by atoms with Gasteiger partial charge in [0.05, 0.1) is 14.2 Å². The second-order valence-electron chi connectivity index (χ2n) is 9.34. The van der Waals surface area contributed by atoms with E-state index in [0.717, 1.165) is 34.1 Å². The number of nitrogens with zero attached hydrogens (tertiary/aromatic N) is 3. The van der Waals surface area contributed by atoms with Gasteiger partial charge >= 0.3 is 5.97 Å². The molecule has 0 spiro atoms. The van der Waals surface area contributed by atoms with E-state index < -0.39 is 12.0 Å². The lowest BCUT2D eigenvalue weighted by Crippen LogP contribution is -2.38. The largest absolute Gasteiger partial charge is 0.497 e. The maximum atomic E-state index is 12.6. The molecule has 3 heterocycles. The van der Waals surface area contributed by atoms with Crippen LogP contribution in [0.3, 0.4) is 0 Å². The Bertz CT molecular complexity index is 1550. The summed E-state index contributed by atoms with van der Waals surface area (Å²) in [6, 6.07) is 10.4. The van der Waals surface area contributed by atoms with Crippen LogP contribution in [0.15, 0.2) is 67.6 Å². The van der Waals surface area contributed by atoms with Gasteiger partial charge in [-0.1, -0.05) is 26.8 Å². The summed E-state index contributed by atoms with van der Waals surface area (Å²) < 4.78 is 18.1. The molecule has 2 atom stereocenters. The van der Waals surface area contributed by atoms with E-state index in [0.29, 0.717) is 23.0 Å². The van der Waals surface area contributed by atoms with E-state index in [2.05, 4.69) is 16.9 Å². The number of methoxy groups -OCH3 is 2. The van der Waals surface area contributed by atoms with Crippen molar-refractivity contribution < 1.29 is 23.8 Å². The summed E-state index contributed by atoms with van der Waals surface area (Å²) in [5.74, 6) is 0.229. The van der Waals surface area contributed by atoms with E-state index >= 15 is 0 Å². The summed E-state index contributed by atoms with van der Waals surface area (Å²) in [5, 5.41) is 3.59. The number of ether oxygens (including phenoxy) is 3. The van der Waals surface area contributed by atoms with Gasteiger partial charge in [-0.3, -0.25) is 14.2 Å². The predicted octanol–water partition coefficient (Wildman–Crippen LogP) is 4.78. The number of amides is 1. The van der Waals surface area contributed by atoms with E-state index in [-0.39, 0.29) is 18.6 Å². The van der Waals surface area contributed by atoms with Crippen molar-refractivity contribution in [1.29, 1.82) is 0 Å². The standard InChI is InChI=1S/C30H33N5O5/c1-6-18(3)28(31)30(37)40-17-35-16-25(19-8-9-32-27(13-19)39-5)24-12-21(15-33-29(24)35)20-10-22(34-26(36)7-2)14-23(11-20)38-4/h7-16,18,28H,2,6,17,31H2,1,3-5H3,(H,34,36)/t18-,28-/m0/s1. The molecule has 0 unspecified atom stereocenters. The molecule has 3 N–H and O–H groups in total. The Hall–Kier alpha value is -4.70. The van der Waals surface area contributed by atoms with Gasteiger partial charge in [-0.15, -0.1) is 0 Å². The molecule has 1 amide bonds. The fourth-order valence-electron chi connectivity index (χ4n) is 4.21. The molecule has 10 nitrogen and oxygen atoms in total. The van der Waals surface area contributed by atoms with E-state index in [9.17, 15) is 9.59 Å². The Morgan fingerprint density at radius 3 is 2.60 bits per heavy atom. The molecule has 0 bridgehead atoms. The number of aromatic nitrogens is 3. The molecule has 0 aliphatic rings. The molecule has 40 heavy (non-hydrogen) atoms. The van der Waals surface area contributed by atoms with Crippen LogP contribution in [0.25, 0.3) is 33.3 Å². The van der Waals surface area contributed by atoms with Crippen LogP contribution in [-0.4, -0.2) is 46.7 Å². The minimum atomic E-state index is -0.709.